The van der Waals surface area contributed by atoms with Crippen molar-refractivity contribution in [2.45, 2.75) is 19.3 Å². The van der Waals surface area contributed by atoms with Gasteiger partial charge in [-0.3, -0.25) is 4.90 Å². The van der Waals surface area contributed by atoms with E-state index in [1.807, 2.05) is 30.3 Å². The van der Waals surface area contributed by atoms with Gasteiger partial charge in [-0.2, -0.15) is 18.4 Å². The first kappa shape index (κ1) is 27.2. The standard InChI is InChI=1S/C30H27F4N5O/c1-19(18-38-11-13-39(14-12-38)25-9-5-23(6-10-25)30(32,33)34)36-24-7-3-22(4-8-24)29-37-27-16-21(17-35)15-26(20(2)31)28(27)40-29/h3-10,15-16,20,36H,1,11-14,18H2,2H3. The maximum atomic E-state index is 14.1. The zero-order valence-electron chi connectivity index (χ0n) is 21.8. The van der Waals surface area contributed by atoms with Crippen LogP contribution in [0.4, 0.5) is 28.9 Å². The summed E-state index contributed by atoms with van der Waals surface area (Å²) in [4.78, 5) is 8.78. The molecule has 40 heavy (non-hydrogen) atoms. The molecule has 0 spiro atoms. The molecule has 2 heterocycles. The van der Waals surface area contributed by atoms with E-state index in [0.717, 1.165) is 42.3 Å². The van der Waals surface area contributed by atoms with Crippen LogP contribution in [0.1, 0.15) is 29.8 Å². The molecule has 1 saturated heterocycles. The van der Waals surface area contributed by atoms with Crippen molar-refractivity contribution in [2.75, 3.05) is 42.9 Å². The van der Waals surface area contributed by atoms with Gasteiger partial charge < -0.3 is 14.6 Å². The van der Waals surface area contributed by atoms with Gasteiger partial charge in [0, 0.05) is 60.9 Å². The van der Waals surface area contributed by atoms with Gasteiger partial charge in [0.05, 0.1) is 17.2 Å². The highest BCUT2D eigenvalue weighted by Gasteiger charge is 2.30. The number of hydrogen-bond acceptors (Lipinski definition) is 6. The Bertz CT molecular complexity index is 1540. The second-order valence-corrected chi connectivity index (χ2v) is 9.77. The van der Waals surface area contributed by atoms with Crippen LogP contribution in [0, 0.1) is 11.3 Å². The smallest absolute Gasteiger partial charge is 0.416 e. The Kier molecular flexibility index (Phi) is 7.50. The average Bonchev–Trinajstić information content (AvgIpc) is 3.37. The van der Waals surface area contributed by atoms with Gasteiger partial charge in [0.15, 0.2) is 5.58 Å². The summed E-state index contributed by atoms with van der Waals surface area (Å²) >= 11 is 0. The number of halogens is 4. The van der Waals surface area contributed by atoms with E-state index in [9.17, 15) is 22.8 Å². The Labute approximate surface area is 229 Å². The van der Waals surface area contributed by atoms with Gasteiger partial charge in [-0.05, 0) is 67.6 Å². The topological polar surface area (TPSA) is 68.3 Å². The number of oxazole rings is 1. The van der Waals surface area contributed by atoms with E-state index < -0.39 is 17.9 Å². The summed E-state index contributed by atoms with van der Waals surface area (Å²) in [5.74, 6) is 0.336. The summed E-state index contributed by atoms with van der Waals surface area (Å²) in [6.07, 6.45) is -5.64. The summed E-state index contributed by atoms with van der Waals surface area (Å²) in [5, 5.41) is 12.5. The van der Waals surface area contributed by atoms with E-state index in [0.29, 0.717) is 53.3 Å². The highest BCUT2D eigenvalue weighted by Crippen LogP contribution is 2.33. The molecule has 0 aliphatic carbocycles. The number of anilines is 2. The van der Waals surface area contributed by atoms with Crippen molar-refractivity contribution < 1.29 is 22.0 Å². The Morgan fingerprint density at radius 1 is 1.07 bits per heavy atom. The minimum Gasteiger partial charge on any atom is -0.436 e. The highest BCUT2D eigenvalue weighted by atomic mass is 19.4. The summed E-state index contributed by atoms with van der Waals surface area (Å²) in [5.41, 5.74) is 3.87. The molecule has 0 bridgehead atoms. The molecule has 1 atom stereocenters. The molecule has 1 aliphatic rings. The van der Waals surface area contributed by atoms with Crippen LogP contribution in [-0.4, -0.2) is 42.6 Å². The van der Waals surface area contributed by atoms with Crippen molar-refractivity contribution in [2.24, 2.45) is 0 Å². The van der Waals surface area contributed by atoms with Crippen LogP contribution >= 0.6 is 0 Å². The van der Waals surface area contributed by atoms with E-state index in [2.05, 4.69) is 26.7 Å². The first-order valence-corrected chi connectivity index (χ1v) is 12.8. The lowest BCUT2D eigenvalue weighted by atomic mass is 10.1. The number of alkyl halides is 4. The maximum Gasteiger partial charge on any atom is 0.416 e. The van der Waals surface area contributed by atoms with Crippen molar-refractivity contribution in [1.82, 2.24) is 9.88 Å². The van der Waals surface area contributed by atoms with Gasteiger partial charge in [0.2, 0.25) is 5.89 Å². The van der Waals surface area contributed by atoms with E-state index in [4.69, 9.17) is 4.42 Å². The number of rotatable bonds is 7. The maximum absolute atomic E-state index is 14.1. The third kappa shape index (κ3) is 5.95. The molecule has 5 rings (SSSR count). The predicted molar refractivity (Wildman–Crippen MR) is 147 cm³/mol. The zero-order valence-corrected chi connectivity index (χ0v) is 21.8. The second-order valence-electron chi connectivity index (χ2n) is 9.77. The van der Waals surface area contributed by atoms with E-state index in [1.165, 1.54) is 25.1 Å². The SMILES string of the molecule is C=C(CN1CCN(c2ccc(C(F)(F)F)cc2)CC1)Nc1ccc(-c2nc3cc(C#N)cc(C(C)F)c3o2)cc1. The minimum absolute atomic E-state index is 0.294. The molecule has 206 valence electrons. The zero-order chi connectivity index (χ0) is 28.4. The van der Waals surface area contributed by atoms with Gasteiger partial charge in [-0.25, -0.2) is 9.37 Å². The number of piperazine rings is 1. The Balaban J connectivity index is 1.16. The van der Waals surface area contributed by atoms with Crippen LogP contribution in [0.25, 0.3) is 22.6 Å². The van der Waals surface area contributed by atoms with Crippen LogP contribution in [0.5, 0.6) is 0 Å². The summed E-state index contributed by atoms with van der Waals surface area (Å²) in [6.45, 7) is 9.08. The van der Waals surface area contributed by atoms with Gasteiger partial charge in [-0.15, -0.1) is 0 Å². The molecule has 6 nitrogen and oxygen atoms in total. The lowest BCUT2D eigenvalue weighted by Crippen LogP contribution is -2.47. The van der Waals surface area contributed by atoms with Crippen molar-refractivity contribution >= 4 is 22.5 Å². The fourth-order valence-electron chi connectivity index (χ4n) is 4.78. The van der Waals surface area contributed by atoms with Crippen LogP contribution in [0.2, 0.25) is 0 Å². The lowest BCUT2D eigenvalue weighted by molar-refractivity contribution is -0.137. The van der Waals surface area contributed by atoms with Crippen molar-refractivity contribution in [3.05, 3.63) is 89.6 Å². The summed E-state index contributed by atoms with van der Waals surface area (Å²) in [7, 11) is 0. The van der Waals surface area contributed by atoms with Gasteiger partial charge >= 0.3 is 6.18 Å². The molecule has 4 aromatic rings. The molecule has 1 aliphatic heterocycles. The van der Waals surface area contributed by atoms with Crippen molar-refractivity contribution in [3.8, 4) is 17.5 Å². The first-order chi connectivity index (χ1) is 19.1. The van der Waals surface area contributed by atoms with Gasteiger partial charge in [0.25, 0.3) is 0 Å². The normalized spacial score (nSPS) is 15.2. The van der Waals surface area contributed by atoms with E-state index in [-0.39, 0.29) is 0 Å². The van der Waals surface area contributed by atoms with Crippen molar-refractivity contribution in [3.63, 3.8) is 0 Å². The monoisotopic (exact) mass is 549 g/mol. The van der Waals surface area contributed by atoms with Crippen LogP contribution in [0.15, 0.2) is 77.4 Å². The lowest BCUT2D eigenvalue weighted by Gasteiger charge is -2.36. The molecule has 1 fully saturated rings. The summed E-state index contributed by atoms with van der Waals surface area (Å²) < 4.78 is 58.5. The van der Waals surface area contributed by atoms with Gasteiger partial charge in [-0.1, -0.05) is 6.58 Å². The highest BCUT2D eigenvalue weighted by molar-refractivity contribution is 5.81. The predicted octanol–water partition coefficient (Wildman–Crippen LogP) is 7.16. The van der Waals surface area contributed by atoms with Gasteiger partial charge in [0.1, 0.15) is 11.7 Å². The number of hydrogen-bond donors (Lipinski definition) is 1. The quantitative estimate of drug-likeness (QED) is 0.247. The molecular weight excluding hydrogens is 522 g/mol. The molecule has 0 saturated carbocycles. The molecule has 1 unspecified atom stereocenters. The first-order valence-electron chi connectivity index (χ1n) is 12.8. The minimum atomic E-state index is -4.34. The largest absolute Gasteiger partial charge is 0.436 e. The fraction of sp³-hybridized carbons (Fsp3) is 0.267. The van der Waals surface area contributed by atoms with E-state index >= 15 is 0 Å². The van der Waals surface area contributed by atoms with Crippen LogP contribution < -0.4 is 10.2 Å². The Hall–Kier alpha value is -4.36. The molecule has 3 aromatic carbocycles. The van der Waals surface area contributed by atoms with Crippen LogP contribution in [-0.2, 0) is 6.18 Å². The molecule has 1 aromatic heterocycles. The van der Waals surface area contributed by atoms with E-state index in [1.54, 1.807) is 6.07 Å². The Morgan fingerprint density at radius 3 is 2.35 bits per heavy atom. The number of fused-ring (bicyclic) bond motifs is 1. The molecular formula is C30H27F4N5O. The summed E-state index contributed by atoms with van der Waals surface area (Å²) in [6, 6.07) is 17.8. The number of benzene rings is 3. The van der Waals surface area contributed by atoms with Crippen molar-refractivity contribution in [1.29, 1.82) is 5.26 Å². The molecule has 10 heteroatoms. The molecule has 0 radical (unpaired) electrons. The van der Waals surface area contributed by atoms with Crippen LogP contribution in [0.3, 0.4) is 0 Å². The number of nitriles is 1. The Morgan fingerprint density at radius 2 is 1.75 bits per heavy atom. The third-order valence-electron chi connectivity index (χ3n) is 6.88. The fourth-order valence-corrected chi connectivity index (χ4v) is 4.78. The average molecular weight is 550 g/mol. The number of nitrogens with zero attached hydrogens (tertiary/aromatic N) is 4. The second kappa shape index (κ2) is 11.0. The molecule has 1 N–H and O–H groups in total. The third-order valence-corrected chi connectivity index (χ3v) is 6.88. The number of aromatic nitrogens is 1. The number of nitrogens with one attached hydrogen (secondary N) is 1. The molecule has 0 amide bonds.